The van der Waals surface area contributed by atoms with Crippen LogP contribution in [-0.2, 0) is 0 Å². The maximum absolute atomic E-state index is 13.3. The maximum atomic E-state index is 13.3. The minimum absolute atomic E-state index is 0.281. The van der Waals surface area contributed by atoms with Gasteiger partial charge in [0, 0.05) is 17.1 Å². The highest BCUT2D eigenvalue weighted by Crippen LogP contribution is 2.25. The molecule has 0 aliphatic rings. The average molecular weight is 330 g/mol. The molecule has 0 saturated heterocycles. The van der Waals surface area contributed by atoms with Gasteiger partial charge in [0.25, 0.3) is 0 Å². The lowest BCUT2D eigenvalue weighted by molar-refractivity contribution is 0.195. The number of rotatable bonds is 4. The van der Waals surface area contributed by atoms with Gasteiger partial charge in [0.15, 0.2) is 0 Å². The van der Waals surface area contributed by atoms with Gasteiger partial charge in [-0.2, -0.15) is 0 Å². The second-order valence-corrected chi connectivity index (χ2v) is 5.83. The van der Waals surface area contributed by atoms with Crippen LogP contribution in [0.25, 0.3) is 0 Å². The first kappa shape index (κ1) is 13.5. The molecule has 1 unspecified atom stereocenters. The molecular formula is C13H13BrFNOS. The number of anilines is 1. The summed E-state index contributed by atoms with van der Waals surface area (Å²) in [6.07, 6.45) is -0.548. The first-order chi connectivity index (χ1) is 8.58. The van der Waals surface area contributed by atoms with Gasteiger partial charge >= 0.3 is 0 Å². The zero-order valence-corrected chi connectivity index (χ0v) is 12.2. The highest BCUT2D eigenvalue weighted by atomic mass is 79.9. The predicted molar refractivity (Wildman–Crippen MR) is 76.6 cm³/mol. The largest absolute Gasteiger partial charge is 0.386 e. The Morgan fingerprint density at radius 1 is 1.50 bits per heavy atom. The van der Waals surface area contributed by atoms with E-state index in [2.05, 4.69) is 21.2 Å². The van der Waals surface area contributed by atoms with Crippen LogP contribution < -0.4 is 5.32 Å². The van der Waals surface area contributed by atoms with Crippen molar-refractivity contribution < 1.29 is 9.50 Å². The Hall–Kier alpha value is -0.910. The van der Waals surface area contributed by atoms with Gasteiger partial charge in [0.05, 0.1) is 4.47 Å². The molecule has 1 atom stereocenters. The van der Waals surface area contributed by atoms with Crippen LogP contribution in [0.5, 0.6) is 0 Å². The lowest BCUT2D eigenvalue weighted by Crippen LogP contribution is -2.11. The second kappa shape index (κ2) is 5.82. The minimum Gasteiger partial charge on any atom is -0.386 e. The summed E-state index contributed by atoms with van der Waals surface area (Å²) >= 11 is 4.67. The van der Waals surface area contributed by atoms with E-state index in [0.29, 0.717) is 11.0 Å². The molecule has 2 rings (SSSR count). The topological polar surface area (TPSA) is 32.3 Å². The highest BCUT2D eigenvalue weighted by Gasteiger charge is 2.10. The van der Waals surface area contributed by atoms with E-state index in [1.165, 1.54) is 17.4 Å². The monoisotopic (exact) mass is 329 g/mol. The number of thiophene rings is 1. The van der Waals surface area contributed by atoms with Gasteiger partial charge in [-0.05, 0) is 52.0 Å². The molecule has 0 amide bonds. The summed E-state index contributed by atoms with van der Waals surface area (Å²) in [6.45, 7) is 2.23. The fourth-order valence-corrected chi connectivity index (χ4v) is 2.68. The number of benzene rings is 1. The van der Waals surface area contributed by atoms with Crippen LogP contribution >= 0.6 is 27.3 Å². The van der Waals surface area contributed by atoms with E-state index in [1.54, 1.807) is 6.07 Å². The van der Waals surface area contributed by atoms with E-state index in [-0.39, 0.29) is 5.82 Å². The molecule has 0 saturated carbocycles. The van der Waals surface area contributed by atoms with Crippen LogP contribution in [0, 0.1) is 12.7 Å². The van der Waals surface area contributed by atoms with Gasteiger partial charge in [-0.1, -0.05) is 6.07 Å². The van der Waals surface area contributed by atoms with Gasteiger partial charge in [0.1, 0.15) is 11.9 Å². The van der Waals surface area contributed by atoms with Crippen LogP contribution in [0.3, 0.4) is 0 Å². The highest BCUT2D eigenvalue weighted by molar-refractivity contribution is 9.10. The van der Waals surface area contributed by atoms with E-state index >= 15 is 0 Å². The van der Waals surface area contributed by atoms with E-state index in [0.717, 1.165) is 16.1 Å². The third-order valence-corrected chi connectivity index (χ3v) is 4.21. The predicted octanol–water partition coefficient (Wildman–Crippen LogP) is 4.10. The van der Waals surface area contributed by atoms with E-state index in [4.69, 9.17) is 0 Å². The van der Waals surface area contributed by atoms with Gasteiger partial charge < -0.3 is 10.4 Å². The molecule has 2 N–H and O–H groups in total. The van der Waals surface area contributed by atoms with Crippen molar-refractivity contribution >= 4 is 33.0 Å². The zero-order valence-electron chi connectivity index (χ0n) is 9.78. The molecule has 1 aromatic carbocycles. The third-order valence-electron chi connectivity index (χ3n) is 2.62. The standard InChI is InChI=1S/C13H13BrFNOS/c1-8-5-10(15)9(14)6-11(8)16-7-12(17)13-3-2-4-18-13/h2-6,12,16-17H,7H2,1H3. The third kappa shape index (κ3) is 3.10. The molecule has 0 fully saturated rings. The van der Waals surface area contributed by atoms with Crippen LogP contribution in [0.1, 0.15) is 16.5 Å². The summed E-state index contributed by atoms with van der Waals surface area (Å²) in [5, 5.41) is 15.0. The molecule has 0 aliphatic carbocycles. The Labute approximate surface area is 118 Å². The van der Waals surface area contributed by atoms with Gasteiger partial charge in [0.2, 0.25) is 0 Å². The molecule has 0 aliphatic heterocycles. The van der Waals surface area contributed by atoms with E-state index in [1.807, 2.05) is 24.4 Å². The van der Waals surface area contributed by atoms with Crippen molar-refractivity contribution in [2.24, 2.45) is 0 Å². The first-order valence-electron chi connectivity index (χ1n) is 5.49. The number of hydrogen-bond donors (Lipinski definition) is 2. The lowest BCUT2D eigenvalue weighted by atomic mass is 10.2. The summed E-state index contributed by atoms with van der Waals surface area (Å²) < 4.78 is 13.7. The summed E-state index contributed by atoms with van der Waals surface area (Å²) in [5.41, 5.74) is 1.63. The molecule has 0 bridgehead atoms. The fraction of sp³-hybridized carbons (Fsp3) is 0.231. The van der Waals surface area contributed by atoms with Crippen molar-refractivity contribution in [3.05, 3.63) is 50.4 Å². The lowest BCUT2D eigenvalue weighted by Gasteiger charge is -2.14. The summed E-state index contributed by atoms with van der Waals surface area (Å²) in [7, 11) is 0. The van der Waals surface area contributed by atoms with Crippen molar-refractivity contribution in [1.29, 1.82) is 0 Å². The molecule has 1 aromatic heterocycles. The smallest absolute Gasteiger partial charge is 0.137 e. The Kier molecular flexibility index (Phi) is 4.37. The molecule has 96 valence electrons. The SMILES string of the molecule is Cc1cc(F)c(Br)cc1NCC(O)c1cccs1. The number of aliphatic hydroxyl groups excluding tert-OH is 1. The van der Waals surface area contributed by atoms with Gasteiger partial charge in [-0.25, -0.2) is 4.39 Å². The van der Waals surface area contributed by atoms with Crippen molar-refractivity contribution in [3.8, 4) is 0 Å². The molecule has 0 radical (unpaired) electrons. The number of halogens is 2. The number of aliphatic hydroxyl groups is 1. The van der Waals surface area contributed by atoms with Crippen LogP contribution in [0.4, 0.5) is 10.1 Å². The molecule has 2 aromatic rings. The van der Waals surface area contributed by atoms with Crippen LogP contribution in [0.15, 0.2) is 34.1 Å². The van der Waals surface area contributed by atoms with Crippen molar-refractivity contribution in [3.63, 3.8) is 0 Å². The van der Waals surface area contributed by atoms with Crippen molar-refractivity contribution in [2.75, 3.05) is 11.9 Å². The Bertz CT molecular complexity index is 530. The maximum Gasteiger partial charge on any atom is 0.137 e. The Morgan fingerprint density at radius 2 is 2.28 bits per heavy atom. The molecule has 5 heteroatoms. The molecule has 18 heavy (non-hydrogen) atoms. The Morgan fingerprint density at radius 3 is 2.94 bits per heavy atom. The molecule has 0 spiro atoms. The number of nitrogens with one attached hydrogen (secondary N) is 1. The van der Waals surface area contributed by atoms with Crippen LogP contribution in [-0.4, -0.2) is 11.7 Å². The summed E-state index contributed by atoms with van der Waals surface area (Å²) in [5.74, 6) is -0.281. The Balaban J connectivity index is 2.04. The fourth-order valence-electron chi connectivity index (χ4n) is 1.62. The number of hydrogen-bond acceptors (Lipinski definition) is 3. The first-order valence-corrected chi connectivity index (χ1v) is 7.16. The van der Waals surface area contributed by atoms with Gasteiger partial charge in [-0.3, -0.25) is 0 Å². The summed E-state index contributed by atoms with van der Waals surface area (Å²) in [4.78, 5) is 0.918. The molecular weight excluding hydrogens is 317 g/mol. The summed E-state index contributed by atoms with van der Waals surface area (Å²) in [6, 6.07) is 6.95. The molecule has 2 nitrogen and oxygen atoms in total. The van der Waals surface area contributed by atoms with E-state index in [9.17, 15) is 9.50 Å². The van der Waals surface area contributed by atoms with Crippen molar-refractivity contribution in [1.82, 2.24) is 0 Å². The van der Waals surface area contributed by atoms with E-state index < -0.39 is 6.10 Å². The van der Waals surface area contributed by atoms with Crippen molar-refractivity contribution in [2.45, 2.75) is 13.0 Å². The van der Waals surface area contributed by atoms with Gasteiger partial charge in [-0.15, -0.1) is 11.3 Å². The quantitative estimate of drug-likeness (QED) is 0.884. The zero-order chi connectivity index (χ0) is 13.1. The average Bonchev–Trinajstić information content (AvgIpc) is 2.85. The van der Waals surface area contributed by atoms with Crippen LogP contribution in [0.2, 0.25) is 0 Å². The molecule has 1 heterocycles. The normalized spacial score (nSPS) is 12.4. The second-order valence-electron chi connectivity index (χ2n) is 3.99. The number of aryl methyl sites for hydroxylation is 1. The minimum atomic E-state index is -0.548.